The lowest BCUT2D eigenvalue weighted by Gasteiger charge is -2.06. The van der Waals surface area contributed by atoms with Crippen molar-refractivity contribution in [1.82, 2.24) is 10.3 Å². The van der Waals surface area contributed by atoms with Gasteiger partial charge in [0.05, 0.1) is 21.3 Å². The highest BCUT2D eigenvalue weighted by atomic mass is 32.1. The van der Waals surface area contributed by atoms with E-state index in [1.165, 1.54) is 23.5 Å². The van der Waals surface area contributed by atoms with E-state index in [1.807, 2.05) is 0 Å². The number of hydrogen-bond donors (Lipinski definition) is 2. The fourth-order valence-electron chi connectivity index (χ4n) is 2.04. The Morgan fingerprint density at radius 3 is 2.61 bits per heavy atom. The molecule has 2 heterocycles. The molecule has 23 heavy (non-hydrogen) atoms. The Kier molecular flexibility index (Phi) is 3.94. The second-order valence-corrected chi connectivity index (χ2v) is 5.75. The Morgan fingerprint density at radius 1 is 1.22 bits per heavy atom. The highest BCUT2D eigenvalue weighted by Crippen LogP contribution is 2.34. The number of thiophene rings is 1. The number of carboxylic acid groups (broad SMARTS) is 1. The van der Waals surface area contributed by atoms with E-state index in [1.54, 1.807) is 37.6 Å². The summed E-state index contributed by atoms with van der Waals surface area (Å²) in [5, 5.41) is 12.3. The Balaban J connectivity index is 1.94. The molecule has 6 nitrogen and oxygen atoms in total. The van der Waals surface area contributed by atoms with Crippen LogP contribution in [-0.2, 0) is 0 Å². The number of hydrogen-bond acceptors (Lipinski definition) is 5. The highest BCUT2D eigenvalue weighted by Gasteiger charge is 2.13. The van der Waals surface area contributed by atoms with Gasteiger partial charge in [-0.2, -0.15) is 0 Å². The van der Waals surface area contributed by atoms with E-state index < -0.39 is 5.97 Å². The molecule has 1 amide bonds. The van der Waals surface area contributed by atoms with Gasteiger partial charge in [-0.3, -0.25) is 9.78 Å². The van der Waals surface area contributed by atoms with Crippen molar-refractivity contribution in [3.05, 3.63) is 53.2 Å². The number of benzene rings is 1. The summed E-state index contributed by atoms with van der Waals surface area (Å²) in [5.41, 5.74) is 0.186. The molecule has 0 unspecified atom stereocenters. The maximum absolute atomic E-state index is 11.7. The van der Waals surface area contributed by atoms with Crippen LogP contribution in [-0.4, -0.2) is 29.0 Å². The van der Waals surface area contributed by atoms with Crippen LogP contribution in [0.1, 0.15) is 20.0 Å². The number of fused-ring (bicyclic) bond motifs is 1. The number of carboxylic acids is 1. The normalized spacial score (nSPS) is 10.5. The molecule has 0 fully saturated rings. The number of carbonyl (C=O) groups excluding carboxylic acids is 1. The van der Waals surface area contributed by atoms with Crippen molar-refractivity contribution < 1.29 is 19.4 Å². The van der Waals surface area contributed by atoms with E-state index >= 15 is 0 Å². The summed E-state index contributed by atoms with van der Waals surface area (Å²) in [6, 6.07) is 7.84. The number of rotatable bonds is 4. The van der Waals surface area contributed by atoms with Gasteiger partial charge < -0.3 is 15.2 Å². The summed E-state index contributed by atoms with van der Waals surface area (Å²) in [4.78, 5) is 27.3. The molecular weight excluding hydrogens is 316 g/mol. The van der Waals surface area contributed by atoms with E-state index in [-0.39, 0.29) is 11.5 Å². The van der Waals surface area contributed by atoms with Crippen LogP contribution in [0.5, 0.6) is 11.5 Å². The molecule has 0 aliphatic heterocycles. The predicted octanol–water partition coefficient (Wildman–Crippen LogP) is 3.15. The fraction of sp³-hybridized carbons (Fsp3) is 0.0625. The SMILES string of the molecule is CNC(=O)c1cc2c(Oc3ccc(C(=O)O)cc3)cncc2s1. The van der Waals surface area contributed by atoms with Gasteiger partial charge in [0.1, 0.15) is 5.75 Å². The van der Waals surface area contributed by atoms with Crippen LogP contribution in [0.25, 0.3) is 10.1 Å². The number of nitrogens with zero attached hydrogens (tertiary/aromatic N) is 1. The maximum Gasteiger partial charge on any atom is 0.335 e. The summed E-state index contributed by atoms with van der Waals surface area (Å²) in [7, 11) is 1.58. The molecule has 0 spiro atoms. The summed E-state index contributed by atoms with van der Waals surface area (Å²) >= 11 is 1.33. The molecular formula is C16H12N2O4S. The smallest absolute Gasteiger partial charge is 0.335 e. The molecule has 0 bridgehead atoms. The second-order valence-electron chi connectivity index (χ2n) is 4.67. The minimum atomic E-state index is -0.992. The quantitative estimate of drug-likeness (QED) is 0.768. The van der Waals surface area contributed by atoms with Gasteiger partial charge in [0, 0.05) is 18.6 Å². The fourth-order valence-corrected chi connectivity index (χ4v) is 3.04. The van der Waals surface area contributed by atoms with Crippen LogP contribution >= 0.6 is 11.3 Å². The first kappa shape index (κ1) is 15.0. The third-order valence-electron chi connectivity index (χ3n) is 3.19. The largest absolute Gasteiger partial charge is 0.478 e. The summed E-state index contributed by atoms with van der Waals surface area (Å²) < 4.78 is 6.61. The average molecular weight is 328 g/mol. The molecule has 0 saturated heterocycles. The standard InChI is InChI=1S/C16H12N2O4S/c1-17-15(19)13-6-11-12(7-18-8-14(11)23-13)22-10-4-2-9(3-5-10)16(20)21/h2-8H,1H3,(H,17,19)(H,20,21). The lowest BCUT2D eigenvalue weighted by molar-refractivity contribution is 0.0696. The van der Waals surface area contributed by atoms with Gasteiger partial charge in [-0.1, -0.05) is 0 Å². The number of aromatic carboxylic acids is 1. The van der Waals surface area contributed by atoms with Crippen molar-refractivity contribution in [2.75, 3.05) is 7.05 Å². The summed E-state index contributed by atoms with van der Waals surface area (Å²) in [5.74, 6) is -0.148. The van der Waals surface area contributed by atoms with E-state index in [9.17, 15) is 9.59 Å². The van der Waals surface area contributed by atoms with Gasteiger partial charge in [-0.25, -0.2) is 4.79 Å². The molecule has 0 aliphatic carbocycles. The van der Waals surface area contributed by atoms with Crippen molar-refractivity contribution in [2.45, 2.75) is 0 Å². The van der Waals surface area contributed by atoms with Crippen molar-refractivity contribution in [1.29, 1.82) is 0 Å². The zero-order chi connectivity index (χ0) is 16.4. The first-order chi connectivity index (χ1) is 11.1. The topological polar surface area (TPSA) is 88.5 Å². The first-order valence-electron chi connectivity index (χ1n) is 6.69. The third kappa shape index (κ3) is 3.00. The van der Waals surface area contributed by atoms with Gasteiger partial charge in [0.15, 0.2) is 5.75 Å². The average Bonchev–Trinajstić information content (AvgIpc) is 3.00. The first-order valence-corrected chi connectivity index (χ1v) is 7.51. The number of amides is 1. The third-order valence-corrected chi connectivity index (χ3v) is 4.26. The molecule has 0 atom stereocenters. The van der Waals surface area contributed by atoms with Crippen molar-refractivity contribution in [3.8, 4) is 11.5 Å². The Morgan fingerprint density at radius 2 is 1.96 bits per heavy atom. The van der Waals surface area contributed by atoms with Crippen LogP contribution in [0.3, 0.4) is 0 Å². The summed E-state index contributed by atoms with van der Waals surface area (Å²) in [6.45, 7) is 0. The molecule has 0 radical (unpaired) electrons. The Hall–Kier alpha value is -2.93. The van der Waals surface area contributed by atoms with Gasteiger partial charge in [-0.15, -0.1) is 11.3 Å². The number of ether oxygens (including phenoxy) is 1. The second kappa shape index (κ2) is 6.05. The zero-order valence-electron chi connectivity index (χ0n) is 12.1. The number of aromatic nitrogens is 1. The van der Waals surface area contributed by atoms with Crippen LogP contribution < -0.4 is 10.1 Å². The molecule has 0 aliphatic rings. The van der Waals surface area contributed by atoms with E-state index in [0.717, 1.165) is 10.1 Å². The maximum atomic E-state index is 11.7. The lowest BCUT2D eigenvalue weighted by Crippen LogP contribution is -2.15. The van der Waals surface area contributed by atoms with Crippen LogP contribution in [0.4, 0.5) is 0 Å². The van der Waals surface area contributed by atoms with Crippen molar-refractivity contribution in [2.24, 2.45) is 0 Å². The molecule has 7 heteroatoms. The molecule has 0 saturated carbocycles. The molecule has 2 aromatic heterocycles. The summed E-state index contributed by atoms with van der Waals surface area (Å²) in [6.07, 6.45) is 3.24. The Bertz CT molecular complexity index is 887. The van der Waals surface area contributed by atoms with Crippen molar-refractivity contribution >= 4 is 33.3 Å². The van der Waals surface area contributed by atoms with Crippen LogP contribution in [0.2, 0.25) is 0 Å². The van der Waals surface area contributed by atoms with E-state index in [0.29, 0.717) is 16.4 Å². The van der Waals surface area contributed by atoms with Crippen LogP contribution in [0.15, 0.2) is 42.7 Å². The van der Waals surface area contributed by atoms with Crippen LogP contribution in [0, 0.1) is 0 Å². The zero-order valence-corrected chi connectivity index (χ0v) is 12.9. The molecule has 3 aromatic rings. The number of nitrogens with one attached hydrogen (secondary N) is 1. The lowest BCUT2D eigenvalue weighted by atomic mass is 10.2. The van der Waals surface area contributed by atoms with Gasteiger partial charge in [0.25, 0.3) is 5.91 Å². The highest BCUT2D eigenvalue weighted by molar-refractivity contribution is 7.20. The monoisotopic (exact) mass is 328 g/mol. The van der Waals surface area contributed by atoms with Gasteiger partial charge in [0.2, 0.25) is 0 Å². The molecule has 2 N–H and O–H groups in total. The number of carbonyl (C=O) groups is 2. The van der Waals surface area contributed by atoms with Crippen molar-refractivity contribution in [3.63, 3.8) is 0 Å². The molecule has 1 aromatic carbocycles. The predicted molar refractivity (Wildman–Crippen MR) is 86.5 cm³/mol. The van der Waals surface area contributed by atoms with E-state index in [2.05, 4.69) is 10.3 Å². The Labute approximate surface area is 135 Å². The minimum absolute atomic E-state index is 0.164. The van der Waals surface area contributed by atoms with Gasteiger partial charge >= 0.3 is 5.97 Å². The number of pyridine rings is 1. The minimum Gasteiger partial charge on any atom is -0.478 e. The molecule has 3 rings (SSSR count). The van der Waals surface area contributed by atoms with E-state index in [4.69, 9.17) is 9.84 Å². The molecule has 116 valence electrons. The van der Waals surface area contributed by atoms with Gasteiger partial charge in [-0.05, 0) is 30.3 Å².